The summed E-state index contributed by atoms with van der Waals surface area (Å²) in [6.07, 6.45) is 2.60. The van der Waals surface area contributed by atoms with E-state index in [0.29, 0.717) is 25.7 Å². The van der Waals surface area contributed by atoms with Gasteiger partial charge in [0, 0.05) is 24.9 Å². The van der Waals surface area contributed by atoms with E-state index < -0.39 is 0 Å². The number of rotatable bonds is 8. The maximum absolute atomic E-state index is 5.95. The molecule has 3 N–H and O–H groups in total. The lowest BCUT2D eigenvalue weighted by Crippen LogP contribution is -2.33. The van der Waals surface area contributed by atoms with E-state index in [1.807, 2.05) is 66.7 Å². The molecule has 28 heavy (non-hydrogen) atoms. The molecule has 0 unspecified atom stereocenters. The molecule has 2 aromatic carbocycles. The highest BCUT2D eigenvalue weighted by Gasteiger charge is 1.99. The van der Waals surface area contributed by atoms with Gasteiger partial charge in [0.05, 0.1) is 6.54 Å². The number of para-hydroxylation sites is 1. The highest BCUT2D eigenvalue weighted by atomic mass is 127. The molecule has 0 amide bonds. The van der Waals surface area contributed by atoms with Gasteiger partial charge in [-0.25, -0.2) is 4.99 Å². The number of hydrogen-bond acceptors (Lipinski definition) is 3. The van der Waals surface area contributed by atoms with Gasteiger partial charge in [0.25, 0.3) is 0 Å². The second kappa shape index (κ2) is 12.0. The highest BCUT2D eigenvalue weighted by Crippen LogP contribution is 2.13. The maximum atomic E-state index is 5.95. The predicted molar refractivity (Wildman–Crippen MR) is 124 cm³/mol. The molecule has 0 radical (unpaired) electrons. The van der Waals surface area contributed by atoms with Crippen molar-refractivity contribution in [2.45, 2.75) is 19.6 Å². The average Bonchev–Trinajstić information content (AvgIpc) is 2.73. The lowest BCUT2D eigenvalue weighted by atomic mass is 10.1. The van der Waals surface area contributed by atoms with E-state index in [-0.39, 0.29) is 24.0 Å². The van der Waals surface area contributed by atoms with Crippen molar-refractivity contribution in [1.82, 2.24) is 10.3 Å². The summed E-state index contributed by atoms with van der Waals surface area (Å²) in [5, 5.41) is 3.13. The molecule has 0 saturated carbocycles. The summed E-state index contributed by atoms with van der Waals surface area (Å²) in [6.45, 7) is 1.76. The van der Waals surface area contributed by atoms with Gasteiger partial charge in [-0.1, -0.05) is 48.5 Å². The van der Waals surface area contributed by atoms with Gasteiger partial charge in [0.15, 0.2) is 5.96 Å². The lowest BCUT2D eigenvalue weighted by molar-refractivity contribution is 0.306. The third-order valence-electron chi connectivity index (χ3n) is 3.99. The number of ether oxygens (including phenoxy) is 1. The van der Waals surface area contributed by atoms with Crippen molar-refractivity contribution in [1.29, 1.82) is 0 Å². The Morgan fingerprint density at radius 2 is 1.75 bits per heavy atom. The first kappa shape index (κ1) is 21.7. The standard InChI is InChI=1S/C22H24N4O.HI/c23-22(25-14-12-20-9-4-5-13-24-20)26-16-18-7-6-8-19(15-18)17-27-21-10-2-1-3-11-21;/h1-11,13,15H,12,14,16-17H2,(H3,23,25,26);1H. The van der Waals surface area contributed by atoms with E-state index in [1.54, 1.807) is 6.20 Å². The monoisotopic (exact) mass is 488 g/mol. The van der Waals surface area contributed by atoms with Gasteiger partial charge < -0.3 is 15.8 Å². The number of halogens is 1. The molecule has 0 aliphatic heterocycles. The molecule has 0 aliphatic rings. The zero-order valence-corrected chi connectivity index (χ0v) is 18.0. The normalized spacial score (nSPS) is 10.8. The first-order chi connectivity index (χ1) is 13.3. The van der Waals surface area contributed by atoms with Crippen LogP contribution in [0.1, 0.15) is 16.8 Å². The van der Waals surface area contributed by atoms with Crippen LogP contribution >= 0.6 is 24.0 Å². The Kier molecular flexibility index (Phi) is 9.27. The molecule has 1 heterocycles. The van der Waals surface area contributed by atoms with Gasteiger partial charge in [-0.3, -0.25) is 4.98 Å². The van der Waals surface area contributed by atoms with Crippen molar-refractivity contribution in [3.63, 3.8) is 0 Å². The Bertz CT molecular complexity index is 857. The van der Waals surface area contributed by atoms with Crippen molar-refractivity contribution in [3.05, 3.63) is 95.8 Å². The van der Waals surface area contributed by atoms with Crippen molar-refractivity contribution < 1.29 is 4.74 Å². The molecule has 6 heteroatoms. The van der Waals surface area contributed by atoms with Gasteiger partial charge in [-0.2, -0.15) is 0 Å². The van der Waals surface area contributed by atoms with E-state index in [4.69, 9.17) is 10.5 Å². The summed E-state index contributed by atoms with van der Waals surface area (Å²) in [5.74, 6) is 1.30. The molecule has 0 aliphatic carbocycles. The average molecular weight is 488 g/mol. The maximum Gasteiger partial charge on any atom is 0.188 e. The van der Waals surface area contributed by atoms with E-state index in [1.165, 1.54) is 0 Å². The Hall–Kier alpha value is -2.61. The van der Waals surface area contributed by atoms with Crippen LogP contribution in [0.15, 0.2) is 84.0 Å². The highest BCUT2D eigenvalue weighted by molar-refractivity contribution is 14.0. The van der Waals surface area contributed by atoms with Crippen LogP contribution in [0.3, 0.4) is 0 Å². The summed E-state index contributed by atoms with van der Waals surface area (Å²) >= 11 is 0. The van der Waals surface area contributed by atoms with Gasteiger partial charge >= 0.3 is 0 Å². The quantitative estimate of drug-likeness (QED) is 0.287. The van der Waals surface area contributed by atoms with Crippen LogP contribution in [0.5, 0.6) is 5.75 Å². The molecule has 146 valence electrons. The number of nitrogens with two attached hydrogens (primary N) is 1. The molecular formula is C22H25IN4O. The minimum Gasteiger partial charge on any atom is -0.489 e. The smallest absolute Gasteiger partial charge is 0.188 e. The fraction of sp³-hybridized carbons (Fsp3) is 0.182. The molecule has 0 bridgehead atoms. The predicted octanol–water partition coefficient (Wildman–Crippen LogP) is 3.93. The minimum absolute atomic E-state index is 0. The van der Waals surface area contributed by atoms with Crippen LogP contribution in [0.25, 0.3) is 0 Å². The third kappa shape index (κ3) is 7.56. The van der Waals surface area contributed by atoms with Crippen molar-refractivity contribution in [3.8, 4) is 5.75 Å². The second-order valence-electron chi connectivity index (χ2n) is 6.12. The van der Waals surface area contributed by atoms with E-state index in [9.17, 15) is 0 Å². The number of nitrogens with one attached hydrogen (secondary N) is 1. The number of pyridine rings is 1. The van der Waals surface area contributed by atoms with Crippen LogP contribution in [0.4, 0.5) is 0 Å². The number of hydrogen-bond donors (Lipinski definition) is 2. The first-order valence-corrected chi connectivity index (χ1v) is 8.99. The number of benzene rings is 2. The number of aliphatic imine (C=N–C) groups is 1. The Balaban J connectivity index is 0.00000280. The number of nitrogens with zero attached hydrogens (tertiary/aromatic N) is 2. The number of aromatic nitrogens is 1. The van der Waals surface area contributed by atoms with Crippen molar-refractivity contribution >= 4 is 29.9 Å². The fourth-order valence-corrected chi connectivity index (χ4v) is 2.60. The number of guanidine groups is 1. The summed E-state index contributed by atoms with van der Waals surface area (Å²) < 4.78 is 5.79. The Morgan fingerprint density at radius 3 is 2.54 bits per heavy atom. The summed E-state index contributed by atoms with van der Waals surface area (Å²) in [7, 11) is 0. The summed E-state index contributed by atoms with van der Waals surface area (Å²) in [6, 6.07) is 23.9. The second-order valence-corrected chi connectivity index (χ2v) is 6.12. The van der Waals surface area contributed by atoms with E-state index >= 15 is 0 Å². The third-order valence-corrected chi connectivity index (χ3v) is 3.99. The Labute approximate surface area is 183 Å². The molecule has 3 rings (SSSR count). The fourth-order valence-electron chi connectivity index (χ4n) is 2.60. The lowest BCUT2D eigenvalue weighted by Gasteiger charge is -2.08. The van der Waals surface area contributed by atoms with Crippen LogP contribution < -0.4 is 15.8 Å². The molecule has 5 nitrogen and oxygen atoms in total. The van der Waals surface area contributed by atoms with Gasteiger partial charge in [-0.05, 0) is 35.4 Å². The van der Waals surface area contributed by atoms with Crippen LogP contribution in [-0.4, -0.2) is 17.5 Å². The SMILES string of the molecule is I.NC(=NCc1cccc(COc2ccccc2)c1)NCCc1ccccn1. The van der Waals surface area contributed by atoms with Crippen molar-refractivity contribution in [2.24, 2.45) is 10.7 Å². The summed E-state index contributed by atoms with van der Waals surface area (Å²) in [4.78, 5) is 8.69. The molecule has 1 aromatic heterocycles. The molecule has 0 spiro atoms. The minimum atomic E-state index is 0. The van der Waals surface area contributed by atoms with Crippen molar-refractivity contribution in [2.75, 3.05) is 6.54 Å². The van der Waals surface area contributed by atoms with E-state index in [0.717, 1.165) is 29.0 Å². The van der Waals surface area contributed by atoms with Crippen LogP contribution in [0.2, 0.25) is 0 Å². The zero-order chi connectivity index (χ0) is 18.7. The van der Waals surface area contributed by atoms with Crippen LogP contribution in [-0.2, 0) is 19.6 Å². The van der Waals surface area contributed by atoms with Crippen LogP contribution in [0, 0.1) is 0 Å². The largest absolute Gasteiger partial charge is 0.489 e. The Morgan fingerprint density at radius 1 is 0.964 bits per heavy atom. The van der Waals surface area contributed by atoms with Gasteiger partial charge in [0.1, 0.15) is 12.4 Å². The van der Waals surface area contributed by atoms with Gasteiger partial charge in [-0.15, -0.1) is 24.0 Å². The molecular weight excluding hydrogens is 463 g/mol. The van der Waals surface area contributed by atoms with E-state index in [2.05, 4.69) is 21.4 Å². The summed E-state index contributed by atoms with van der Waals surface area (Å²) in [5.41, 5.74) is 9.18. The van der Waals surface area contributed by atoms with Gasteiger partial charge in [0.2, 0.25) is 0 Å². The molecule has 3 aromatic rings. The topological polar surface area (TPSA) is 72.5 Å². The first-order valence-electron chi connectivity index (χ1n) is 8.99. The molecule has 0 fully saturated rings. The molecule has 0 saturated heterocycles. The molecule has 0 atom stereocenters. The zero-order valence-electron chi connectivity index (χ0n) is 15.6.